The molecule has 5 nitrogen and oxygen atoms in total. The Kier molecular flexibility index (Phi) is 6.47. The minimum Gasteiger partial charge on any atom is -0.307 e. The summed E-state index contributed by atoms with van der Waals surface area (Å²) in [7, 11) is -3.71. The van der Waals surface area contributed by atoms with Crippen molar-refractivity contribution in [2.24, 2.45) is 10.9 Å². The van der Waals surface area contributed by atoms with E-state index >= 15 is 0 Å². The number of halogens is 2. The van der Waals surface area contributed by atoms with Gasteiger partial charge in [-0.2, -0.15) is 5.26 Å². The van der Waals surface area contributed by atoms with E-state index in [1.165, 1.54) is 0 Å². The summed E-state index contributed by atoms with van der Waals surface area (Å²) in [5, 5.41) is 8.94. The summed E-state index contributed by atoms with van der Waals surface area (Å²) >= 11 is 12.9. The van der Waals surface area contributed by atoms with Crippen LogP contribution in [-0.2, 0) is 13.6 Å². The lowest BCUT2D eigenvalue weighted by molar-refractivity contribution is 0.209. The number of aliphatic imine (C=N–C) groups is 1. The van der Waals surface area contributed by atoms with Gasteiger partial charge in [-0.3, -0.25) is 9.56 Å². The largest absolute Gasteiger partial charge is 0.357 e. The summed E-state index contributed by atoms with van der Waals surface area (Å²) in [5.74, 6) is -0.202. The van der Waals surface area contributed by atoms with Crippen LogP contribution in [0.4, 0.5) is 0 Å². The number of alkyl halides is 2. The van der Waals surface area contributed by atoms with Crippen LogP contribution >= 0.6 is 30.8 Å². The van der Waals surface area contributed by atoms with E-state index in [0.717, 1.165) is 0 Å². The van der Waals surface area contributed by atoms with Crippen LogP contribution in [0.15, 0.2) is 29.3 Å². The first-order valence-electron chi connectivity index (χ1n) is 7.66. The van der Waals surface area contributed by atoms with E-state index in [1.54, 1.807) is 38.1 Å². The molecule has 130 valence electrons. The molecule has 2 rings (SSSR count). The molecule has 1 aliphatic heterocycles. The second kappa shape index (κ2) is 7.99. The fourth-order valence-corrected chi connectivity index (χ4v) is 6.03. The average molecular weight is 389 g/mol. The zero-order valence-corrected chi connectivity index (χ0v) is 15.9. The quantitative estimate of drug-likeness (QED) is 0.511. The van der Waals surface area contributed by atoms with Gasteiger partial charge in [-0.1, -0.05) is 23.7 Å². The fraction of sp³-hybridized carbons (Fsp3) is 0.500. The minimum atomic E-state index is -3.71. The van der Waals surface area contributed by atoms with Crippen LogP contribution in [0.3, 0.4) is 0 Å². The number of hydrogen-bond acceptors (Lipinski definition) is 5. The minimum absolute atomic E-state index is 0.177. The van der Waals surface area contributed by atoms with Gasteiger partial charge in [-0.25, -0.2) is 0 Å². The van der Waals surface area contributed by atoms with Crippen molar-refractivity contribution < 1.29 is 13.6 Å². The third-order valence-corrected chi connectivity index (χ3v) is 7.86. The summed E-state index contributed by atoms with van der Waals surface area (Å²) in [6, 6.07) is 8.84. The monoisotopic (exact) mass is 388 g/mol. The van der Waals surface area contributed by atoms with Crippen molar-refractivity contribution in [1.29, 1.82) is 5.26 Å². The first kappa shape index (κ1) is 19.4. The second-order valence-electron chi connectivity index (χ2n) is 5.24. The predicted octanol–water partition coefficient (Wildman–Crippen LogP) is 4.42. The van der Waals surface area contributed by atoms with Gasteiger partial charge >= 0.3 is 7.60 Å². The number of hydrogen-bond donors (Lipinski definition) is 0. The topological polar surface area (TPSA) is 71.7 Å². The molecule has 0 saturated carbocycles. The highest BCUT2D eigenvalue weighted by Gasteiger charge is 2.61. The lowest BCUT2D eigenvalue weighted by Gasteiger charge is -2.35. The number of benzene rings is 1. The lowest BCUT2D eigenvalue weighted by atomic mass is 10.00. The molecule has 0 N–H and O–H groups in total. The second-order valence-corrected chi connectivity index (χ2v) is 8.62. The van der Waals surface area contributed by atoms with E-state index in [2.05, 4.69) is 11.1 Å². The van der Waals surface area contributed by atoms with Gasteiger partial charge < -0.3 is 9.05 Å². The predicted molar refractivity (Wildman–Crippen MR) is 96.2 cm³/mol. The van der Waals surface area contributed by atoms with Crippen LogP contribution in [0.5, 0.6) is 0 Å². The summed E-state index contributed by atoms with van der Waals surface area (Å²) in [6.07, 6.45) is 0. The Morgan fingerprint density at radius 2 is 1.92 bits per heavy atom. The highest BCUT2D eigenvalue weighted by Crippen LogP contribution is 2.67. The maximum absolute atomic E-state index is 13.4. The van der Waals surface area contributed by atoms with Crippen LogP contribution < -0.4 is 0 Å². The van der Waals surface area contributed by atoms with Crippen LogP contribution in [0.1, 0.15) is 25.0 Å². The van der Waals surface area contributed by atoms with Gasteiger partial charge in [0.15, 0.2) is 4.62 Å². The Morgan fingerprint density at radius 3 is 2.38 bits per heavy atom. The molecule has 0 spiro atoms. The van der Waals surface area contributed by atoms with E-state index < -0.39 is 12.2 Å². The lowest BCUT2D eigenvalue weighted by Crippen LogP contribution is -2.40. The van der Waals surface area contributed by atoms with Crippen LogP contribution in [0.25, 0.3) is 0 Å². The number of rotatable bonds is 7. The first-order chi connectivity index (χ1) is 11.5. The molecular weight excluding hydrogens is 370 g/mol. The van der Waals surface area contributed by atoms with E-state index in [-0.39, 0.29) is 25.0 Å². The molecule has 0 amide bonds. The summed E-state index contributed by atoms with van der Waals surface area (Å²) in [5.41, 5.74) is 1.63. The third kappa shape index (κ3) is 3.27. The Balaban J connectivity index is 2.53. The van der Waals surface area contributed by atoms with E-state index in [9.17, 15) is 4.57 Å². The van der Waals surface area contributed by atoms with Gasteiger partial charge in [0.2, 0.25) is 0 Å². The molecule has 2 atom stereocenters. The maximum atomic E-state index is 13.4. The molecule has 8 heteroatoms. The molecule has 1 aromatic rings. The molecule has 0 aromatic heterocycles. The van der Waals surface area contributed by atoms with Crippen molar-refractivity contribution in [2.45, 2.75) is 18.5 Å². The molecule has 0 radical (unpaired) electrons. The van der Waals surface area contributed by atoms with Gasteiger partial charge in [0.05, 0.1) is 30.6 Å². The molecule has 1 aromatic carbocycles. The van der Waals surface area contributed by atoms with E-state index in [0.29, 0.717) is 23.4 Å². The van der Waals surface area contributed by atoms with Crippen LogP contribution in [0.2, 0.25) is 0 Å². The van der Waals surface area contributed by atoms with Gasteiger partial charge in [0, 0.05) is 18.3 Å². The molecule has 24 heavy (non-hydrogen) atoms. The van der Waals surface area contributed by atoms with Gasteiger partial charge in [-0.05, 0) is 31.5 Å². The molecular formula is C16H19Cl2N2O3P. The Hall–Kier alpha value is -0.890. The van der Waals surface area contributed by atoms with Crippen molar-refractivity contribution in [3.05, 3.63) is 35.4 Å². The van der Waals surface area contributed by atoms with Gasteiger partial charge in [-0.15, -0.1) is 11.6 Å². The molecule has 0 unspecified atom stereocenters. The normalized spacial score (nSPS) is 23.8. The Bertz CT molecular complexity index is 692. The van der Waals surface area contributed by atoms with Crippen molar-refractivity contribution in [3.63, 3.8) is 0 Å². The standard InChI is InChI=1S/C16H19Cl2N2O3P/c1-3-22-24(21,23-4-2)16(18)14(9-17)11-20-15(16)13-7-5-12(10-19)6-8-13/h5-8,14H,3-4,9,11H2,1-2H3/t14-,16+/m0/s1. The smallest absolute Gasteiger partial charge is 0.307 e. The Morgan fingerprint density at radius 1 is 1.33 bits per heavy atom. The molecule has 1 heterocycles. The third-order valence-electron chi connectivity index (χ3n) is 3.81. The van der Waals surface area contributed by atoms with Crippen LogP contribution in [0, 0.1) is 17.2 Å². The zero-order chi connectivity index (χ0) is 17.8. The molecule has 0 aliphatic carbocycles. The SMILES string of the molecule is CCOP(=O)(OCC)[C@@]1(Cl)C(c2ccc(C#N)cc2)=NC[C@@H]1CCl. The van der Waals surface area contributed by atoms with Crippen molar-refractivity contribution in [1.82, 2.24) is 0 Å². The van der Waals surface area contributed by atoms with E-state index in [1.807, 2.05) is 0 Å². The van der Waals surface area contributed by atoms with Crippen molar-refractivity contribution in [2.75, 3.05) is 25.6 Å². The number of nitrogens with zero attached hydrogens (tertiary/aromatic N) is 2. The fourth-order valence-electron chi connectivity index (χ4n) is 2.69. The van der Waals surface area contributed by atoms with Gasteiger partial charge in [0.1, 0.15) is 0 Å². The summed E-state index contributed by atoms with van der Waals surface area (Å²) < 4.78 is 23.0. The van der Waals surface area contributed by atoms with Crippen molar-refractivity contribution in [3.8, 4) is 6.07 Å². The van der Waals surface area contributed by atoms with Gasteiger partial charge in [0.25, 0.3) is 0 Å². The van der Waals surface area contributed by atoms with Crippen molar-refractivity contribution >= 4 is 36.5 Å². The molecule has 1 aliphatic rings. The summed E-state index contributed by atoms with van der Waals surface area (Å²) in [4.78, 5) is 4.48. The summed E-state index contributed by atoms with van der Waals surface area (Å²) in [6.45, 7) is 4.19. The number of nitriles is 1. The molecule has 0 saturated heterocycles. The van der Waals surface area contributed by atoms with Crippen LogP contribution in [-0.4, -0.2) is 36.0 Å². The Labute approximate surface area is 152 Å². The first-order valence-corrected chi connectivity index (χ1v) is 10.1. The highest BCUT2D eigenvalue weighted by molar-refractivity contribution is 7.59. The average Bonchev–Trinajstić information content (AvgIpc) is 2.93. The molecule has 0 fully saturated rings. The zero-order valence-electron chi connectivity index (χ0n) is 13.5. The van der Waals surface area contributed by atoms with E-state index in [4.69, 9.17) is 37.5 Å². The maximum Gasteiger partial charge on any atom is 0.357 e. The highest BCUT2D eigenvalue weighted by atomic mass is 35.5. The molecule has 0 bridgehead atoms.